The number of anilines is 1. The second kappa shape index (κ2) is 5.82. The Kier molecular flexibility index (Phi) is 3.62. The molecule has 0 aliphatic carbocycles. The summed E-state index contributed by atoms with van der Waals surface area (Å²) in [6.45, 7) is 2.03. The lowest BCUT2D eigenvalue weighted by Gasteiger charge is -2.04. The number of benzene rings is 2. The van der Waals surface area contributed by atoms with E-state index in [1.165, 1.54) is 0 Å². The smallest absolute Gasteiger partial charge is 0.258 e. The summed E-state index contributed by atoms with van der Waals surface area (Å²) in [7, 11) is 1.91. The van der Waals surface area contributed by atoms with Crippen LogP contribution in [0.25, 0.3) is 22.1 Å². The standard InChI is InChI=1S/C18H14ClN5O/c1-10-6-7-14-13(8-10)15-16(24(14)2)20-18(23-22-15)21-17(25)11-4-3-5-12(19)9-11/h3-9H,1-2H3,(H,20,21,23,25). The van der Waals surface area contributed by atoms with E-state index in [1.807, 2.05) is 30.7 Å². The Hall–Kier alpha value is -2.99. The molecule has 6 nitrogen and oxygen atoms in total. The van der Waals surface area contributed by atoms with Gasteiger partial charge in [0.1, 0.15) is 5.52 Å². The van der Waals surface area contributed by atoms with Crippen LogP contribution in [0.5, 0.6) is 0 Å². The molecule has 1 N–H and O–H groups in total. The van der Waals surface area contributed by atoms with Crippen LogP contribution < -0.4 is 5.32 Å². The Morgan fingerprint density at radius 3 is 2.80 bits per heavy atom. The highest BCUT2D eigenvalue weighted by molar-refractivity contribution is 6.31. The predicted molar refractivity (Wildman–Crippen MR) is 98.0 cm³/mol. The van der Waals surface area contributed by atoms with E-state index < -0.39 is 0 Å². The summed E-state index contributed by atoms with van der Waals surface area (Å²) in [6, 6.07) is 12.8. The molecular weight excluding hydrogens is 338 g/mol. The van der Waals surface area contributed by atoms with Crippen molar-refractivity contribution < 1.29 is 4.79 Å². The SMILES string of the molecule is Cc1ccc2c(c1)c1nnc(NC(=O)c3cccc(Cl)c3)nc1n2C. The maximum atomic E-state index is 12.3. The molecule has 0 saturated heterocycles. The monoisotopic (exact) mass is 351 g/mol. The molecule has 2 heterocycles. The minimum absolute atomic E-state index is 0.153. The normalized spacial score (nSPS) is 11.2. The third kappa shape index (κ3) is 2.70. The molecule has 0 radical (unpaired) electrons. The van der Waals surface area contributed by atoms with Crippen LogP contribution in [0.1, 0.15) is 15.9 Å². The summed E-state index contributed by atoms with van der Waals surface area (Å²) in [6.07, 6.45) is 0. The van der Waals surface area contributed by atoms with Crippen LogP contribution >= 0.6 is 11.6 Å². The number of nitrogens with zero attached hydrogens (tertiary/aromatic N) is 4. The Bertz CT molecular complexity index is 1140. The second-order valence-corrected chi connectivity index (χ2v) is 6.29. The van der Waals surface area contributed by atoms with E-state index in [9.17, 15) is 4.79 Å². The van der Waals surface area contributed by atoms with Crippen molar-refractivity contribution in [3.63, 3.8) is 0 Å². The number of hydrogen-bond acceptors (Lipinski definition) is 4. The molecule has 0 aliphatic heterocycles. The molecule has 2 aromatic heterocycles. The van der Waals surface area contributed by atoms with Crippen LogP contribution in [-0.4, -0.2) is 25.7 Å². The average Bonchev–Trinajstić information content (AvgIpc) is 2.87. The second-order valence-electron chi connectivity index (χ2n) is 5.85. The minimum Gasteiger partial charge on any atom is -0.327 e. The van der Waals surface area contributed by atoms with Crippen LogP contribution in [0.4, 0.5) is 5.95 Å². The first kappa shape index (κ1) is 15.5. The topological polar surface area (TPSA) is 72.7 Å². The zero-order valence-corrected chi connectivity index (χ0v) is 14.4. The molecule has 124 valence electrons. The Morgan fingerprint density at radius 2 is 2.00 bits per heavy atom. The molecule has 0 fully saturated rings. The van der Waals surface area contributed by atoms with Gasteiger partial charge >= 0.3 is 0 Å². The quantitative estimate of drug-likeness (QED) is 0.597. The highest BCUT2D eigenvalue weighted by atomic mass is 35.5. The maximum absolute atomic E-state index is 12.3. The Morgan fingerprint density at radius 1 is 1.16 bits per heavy atom. The third-order valence-electron chi connectivity index (χ3n) is 4.07. The van der Waals surface area contributed by atoms with Crippen LogP contribution in [0.2, 0.25) is 5.02 Å². The number of aryl methyl sites for hydroxylation is 2. The third-order valence-corrected chi connectivity index (χ3v) is 4.30. The minimum atomic E-state index is -0.335. The molecule has 0 spiro atoms. The van der Waals surface area contributed by atoms with Crippen LogP contribution in [0.3, 0.4) is 0 Å². The van der Waals surface area contributed by atoms with Gasteiger partial charge in [0.05, 0.1) is 5.52 Å². The van der Waals surface area contributed by atoms with Gasteiger partial charge in [0, 0.05) is 23.0 Å². The molecule has 25 heavy (non-hydrogen) atoms. The fraction of sp³-hybridized carbons (Fsp3) is 0.111. The van der Waals surface area contributed by atoms with E-state index in [0.29, 0.717) is 21.7 Å². The van der Waals surface area contributed by atoms with E-state index >= 15 is 0 Å². The first-order valence-corrected chi connectivity index (χ1v) is 8.07. The number of nitrogens with one attached hydrogen (secondary N) is 1. The molecule has 0 unspecified atom stereocenters. The van der Waals surface area contributed by atoms with Crippen molar-refractivity contribution in [3.05, 3.63) is 58.6 Å². The van der Waals surface area contributed by atoms with E-state index in [2.05, 4.69) is 26.6 Å². The van der Waals surface area contributed by atoms with Gasteiger partial charge in [-0.1, -0.05) is 29.3 Å². The van der Waals surface area contributed by atoms with Gasteiger partial charge in [-0.25, -0.2) is 0 Å². The Balaban J connectivity index is 1.75. The summed E-state index contributed by atoms with van der Waals surface area (Å²) < 4.78 is 1.94. The van der Waals surface area contributed by atoms with Crippen molar-refractivity contribution in [2.24, 2.45) is 7.05 Å². The first-order valence-electron chi connectivity index (χ1n) is 7.69. The molecular formula is C18H14ClN5O. The zero-order valence-electron chi connectivity index (χ0n) is 13.6. The lowest BCUT2D eigenvalue weighted by molar-refractivity contribution is 0.102. The largest absolute Gasteiger partial charge is 0.327 e. The summed E-state index contributed by atoms with van der Waals surface area (Å²) in [5.41, 5.74) is 3.96. The molecule has 0 atom stereocenters. The van der Waals surface area contributed by atoms with E-state index in [-0.39, 0.29) is 11.9 Å². The fourth-order valence-corrected chi connectivity index (χ4v) is 3.02. The number of halogens is 1. The van der Waals surface area contributed by atoms with E-state index in [1.54, 1.807) is 24.3 Å². The predicted octanol–water partition coefficient (Wildman–Crippen LogP) is 3.73. The molecule has 7 heteroatoms. The number of hydrogen-bond donors (Lipinski definition) is 1. The lowest BCUT2D eigenvalue weighted by atomic mass is 10.2. The van der Waals surface area contributed by atoms with Crippen molar-refractivity contribution >= 4 is 45.5 Å². The molecule has 4 rings (SSSR count). The number of carbonyl (C=O) groups is 1. The molecule has 4 aromatic rings. The summed E-state index contributed by atoms with van der Waals surface area (Å²) in [4.78, 5) is 16.8. The van der Waals surface area contributed by atoms with E-state index in [4.69, 9.17) is 11.6 Å². The fourth-order valence-electron chi connectivity index (χ4n) is 2.83. The van der Waals surface area contributed by atoms with Gasteiger partial charge in [0.25, 0.3) is 11.9 Å². The maximum Gasteiger partial charge on any atom is 0.258 e. The molecule has 1 amide bonds. The van der Waals surface area contributed by atoms with Gasteiger partial charge < -0.3 is 4.57 Å². The highest BCUT2D eigenvalue weighted by Crippen LogP contribution is 2.26. The zero-order chi connectivity index (χ0) is 17.6. The summed E-state index contributed by atoms with van der Waals surface area (Å²) in [5.74, 6) is -0.182. The van der Waals surface area contributed by atoms with Gasteiger partial charge in [0.15, 0.2) is 5.65 Å². The molecule has 0 saturated carbocycles. The van der Waals surface area contributed by atoms with Gasteiger partial charge in [-0.05, 0) is 37.3 Å². The summed E-state index contributed by atoms with van der Waals surface area (Å²) >= 11 is 5.92. The van der Waals surface area contributed by atoms with Crippen molar-refractivity contribution in [2.45, 2.75) is 6.92 Å². The highest BCUT2D eigenvalue weighted by Gasteiger charge is 2.14. The number of aromatic nitrogens is 4. The van der Waals surface area contributed by atoms with Crippen LogP contribution in [0, 0.1) is 6.92 Å². The Labute approximate surface area is 148 Å². The molecule has 2 aromatic carbocycles. The number of carbonyl (C=O) groups excluding carboxylic acids is 1. The average molecular weight is 352 g/mol. The number of amides is 1. The van der Waals surface area contributed by atoms with Crippen molar-refractivity contribution in [3.8, 4) is 0 Å². The van der Waals surface area contributed by atoms with Crippen molar-refractivity contribution in [1.82, 2.24) is 19.7 Å². The van der Waals surface area contributed by atoms with E-state index in [0.717, 1.165) is 16.5 Å². The summed E-state index contributed by atoms with van der Waals surface area (Å²) in [5, 5.41) is 12.5. The number of fused-ring (bicyclic) bond motifs is 3. The van der Waals surface area contributed by atoms with Crippen LogP contribution in [-0.2, 0) is 7.05 Å². The van der Waals surface area contributed by atoms with Gasteiger partial charge in [-0.15, -0.1) is 10.2 Å². The van der Waals surface area contributed by atoms with Gasteiger partial charge in [0.2, 0.25) is 0 Å². The number of rotatable bonds is 2. The lowest BCUT2D eigenvalue weighted by Crippen LogP contribution is -2.15. The first-order chi connectivity index (χ1) is 12.0. The van der Waals surface area contributed by atoms with Gasteiger partial charge in [-0.2, -0.15) is 4.98 Å². The van der Waals surface area contributed by atoms with Crippen molar-refractivity contribution in [2.75, 3.05) is 5.32 Å². The molecule has 0 bridgehead atoms. The molecule has 0 aliphatic rings. The van der Waals surface area contributed by atoms with Crippen LogP contribution in [0.15, 0.2) is 42.5 Å². The van der Waals surface area contributed by atoms with Gasteiger partial charge in [-0.3, -0.25) is 10.1 Å². The van der Waals surface area contributed by atoms with Crippen molar-refractivity contribution in [1.29, 1.82) is 0 Å².